The maximum Gasteiger partial charge on any atom is 0.326 e. The van der Waals surface area contributed by atoms with Crippen LogP contribution in [0.25, 0.3) is 0 Å². The molecule has 0 aliphatic carbocycles. The second-order valence-corrected chi connectivity index (χ2v) is 3.58. The van der Waals surface area contributed by atoms with Crippen LogP contribution in [0.15, 0.2) is 0 Å². The van der Waals surface area contributed by atoms with Crippen molar-refractivity contribution in [2.45, 2.75) is 26.3 Å². The Morgan fingerprint density at radius 1 is 1.50 bits per heavy atom. The Hall–Kier alpha value is -1.54. The highest BCUT2D eigenvalue weighted by molar-refractivity contribution is 5.84. The fourth-order valence-corrected chi connectivity index (χ4v) is 1.16. The van der Waals surface area contributed by atoms with Crippen LogP contribution in [0.5, 0.6) is 0 Å². The van der Waals surface area contributed by atoms with Crippen LogP contribution in [0.3, 0.4) is 0 Å². The number of amides is 1. The molecule has 0 aromatic heterocycles. The molecule has 0 spiro atoms. The lowest BCUT2D eigenvalue weighted by atomic mass is 9.99. The van der Waals surface area contributed by atoms with E-state index in [4.69, 9.17) is 11.5 Å². The lowest BCUT2D eigenvalue weighted by Gasteiger charge is -2.20. The van der Waals surface area contributed by atoms with Crippen LogP contribution < -0.4 is 10.6 Å². The summed E-state index contributed by atoms with van der Waals surface area (Å²) < 4.78 is 0. The molecule has 0 aromatic carbocycles. The summed E-state index contributed by atoms with van der Waals surface area (Å²) in [6, 6.07) is -0.842. The molecule has 0 bridgehead atoms. The van der Waals surface area contributed by atoms with Crippen molar-refractivity contribution < 1.29 is 14.7 Å². The summed E-state index contributed by atoms with van der Waals surface area (Å²) in [5.41, 5.74) is 0. The van der Waals surface area contributed by atoms with Gasteiger partial charge in [-0.15, -0.1) is 6.42 Å². The minimum atomic E-state index is -1.01. The molecule has 0 aliphatic heterocycles. The minimum absolute atomic E-state index is 0.0322. The van der Waals surface area contributed by atoms with E-state index >= 15 is 0 Å². The van der Waals surface area contributed by atoms with E-state index in [0.717, 1.165) is 0 Å². The van der Waals surface area contributed by atoms with Crippen LogP contribution in [-0.4, -0.2) is 36.1 Å². The molecule has 0 aliphatic rings. The summed E-state index contributed by atoms with van der Waals surface area (Å²) in [7, 11) is 0. The van der Waals surface area contributed by atoms with Crippen LogP contribution in [-0.2, 0) is 9.59 Å². The summed E-state index contributed by atoms with van der Waals surface area (Å²) in [6.45, 7) is 3.98. The number of carboxylic acids is 1. The highest BCUT2D eigenvalue weighted by Gasteiger charge is 2.24. The third-order valence-electron chi connectivity index (χ3n) is 2.31. The first-order chi connectivity index (χ1) is 7.52. The van der Waals surface area contributed by atoms with E-state index in [0.29, 0.717) is 6.42 Å². The lowest BCUT2D eigenvalue weighted by molar-refractivity contribution is -0.143. The van der Waals surface area contributed by atoms with Gasteiger partial charge in [-0.05, 0) is 5.92 Å². The largest absolute Gasteiger partial charge is 0.480 e. The van der Waals surface area contributed by atoms with E-state index in [9.17, 15) is 9.59 Å². The SMILES string of the molecule is C#CCNCC(=O)N[C@H](C(=O)O)C(C)CC. The molecular weight excluding hydrogens is 208 g/mol. The van der Waals surface area contributed by atoms with Gasteiger partial charge in [0, 0.05) is 0 Å². The normalized spacial score (nSPS) is 13.6. The molecule has 90 valence electrons. The summed E-state index contributed by atoms with van der Waals surface area (Å²) >= 11 is 0. The van der Waals surface area contributed by atoms with Gasteiger partial charge in [0.25, 0.3) is 0 Å². The van der Waals surface area contributed by atoms with Gasteiger partial charge < -0.3 is 10.4 Å². The van der Waals surface area contributed by atoms with Gasteiger partial charge in [-0.3, -0.25) is 10.1 Å². The van der Waals surface area contributed by atoms with Gasteiger partial charge >= 0.3 is 5.97 Å². The van der Waals surface area contributed by atoms with Crippen molar-refractivity contribution in [3.8, 4) is 12.3 Å². The molecule has 3 N–H and O–H groups in total. The highest BCUT2D eigenvalue weighted by atomic mass is 16.4. The molecule has 0 heterocycles. The molecule has 0 aromatic rings. The second kappa shape index (κ2) is 7.71. The number of carboxylic acid groups (broad SMARTS) is 1. The number of hydrogen-bond acceptors (Lipinski definition) is 3. The van der Waals surface area contributed by atoms with Crippen LogP contribution >= 0.6 is 0 Å². The zero-order valence-corrected chi connectivity index (χ0v) is 9.62. The molecule has 0 saturated heterocycles. The number of carbonyl (C=O) groups is 2. The molecule has 1 unspecified atom stereocenters. The molecule has 0 fully saturated rings. The summed E-state index contributed by atoms with van der Waals surface area (Å²) in [6.07, 6.45) is 5.69. The summed E-state index contributed by atoms with van der Waals surface area (Å²) in [5.74, 6) is 0.850. The summed E-state index contributed by atoms with van der Waals surface area (Å²) in [5, 5.41) is 14.1. The van der Waals surface area contributed by atoms with E-state index in [2.05, 4.69) is 16.6 Å². The second-order valence-electron chi connectivity index (χ2n) is 3.58. The van der Waals surface area contributed by atoms with E-state index in [1.165, 1.54) is 0 Å². The van der Waals surface area contributed by atoms with Crippen molar-refractivity contribution in [2.75, 3.05) is 13.1 Å². The lowest BCUT2D eigenvalue weighted by Crippen LogP contribution is -2.47. The predicted molar refractivity (Wildman–Crippen MR) is 60.7 cm³/mol. The Kier molecular flexibility index (Phi) is 6.97. The molecule has 16 heavy (non-hydrogen) atoms. The maximum atomic E-state index is 11.3. The zero-order valence-electron chi connectivity index (χ0n) is 9.62. The van der Waals surface area contributed by atoms with Crippen molar-refractivity contribution in [3.05, 3.63) is 0 Å². The third-order valence-corrected chi connectivity index (χ3v) is 2.31. The molecular formula is C11H18N2O3. The van der Waals surface area contributed by atoms with Crippen LogP contribution in [0.4, 0.5) is 0 Å². The predicted octanol–water partition coefficient (Wildman–Crippen LogP) is -0.175. The quantitative estimate of drug-likeness (QED) is 0.416. The topological polar surface area (TPSA) is 78.4 Å². The van der Waals surface area contributed by atoms with Crippen molar-refractivity contribution in [1.82, 2.24) is 10.6 Å². The first-order valence-electron chi connectivity index (χ1n) is 5.19. The standard InChI is InChI=1S/C11H18N2O3/c1-4-6-12-7-9(14)13-10(11(15)16)8(3)5-2/h1,8,10,12H,5-7H2,2-3H3,(H,13,14)(H,15,16)/t8?,10-/m0/s1. The minimum Gasteiger partial charge on any atom is -0.480 e. The van der Waals surface area contributed by atoms with Gasteiger partial charge in [0.2, 0.25) is 5.91 Å². The monoisotopic (exact) mass is 226 g/mol. The average molecular weight is 226 g/mol. The molecule has 0 saturated carbocycles. The highest BCUT2D eigenvalue weighted by Crippen LogP contribution is 2.07. The van der Waals surface area contributed by atoms with Crippen molar-refractivity contribution in [3.63, 3.8) is 0 Å². The van der Waals surface area contributed by atoms with Gasteiger partial charge in [0.05, 0.1) is 13.1 Å². The number of terminal acetylenes is 1. The van der Waals surface area contributed by atoms with E-state index in [-0.39, 0.29) is 24.9 Å². The van der Waals surface area contributed by atoms with Gasteiger partial charge in [-0.25, -0.2) is 4.79 Å². The molecule has 1 amide bonds. The Bertz CT molecular complexity index is 283. The number of rotatable bonds is 7. The molecule has 0 rings (SSSR count). The Labute approximate surface area is 95.6 Å². The Morgan fingerprint density at radius 2 is 2.12 bits per heavy atom. The molecule has 0 radical (unpaired) electrons. The fraction of sp³-hybridized carbons (Fsp3) is 0.636. The number of hydrogen-bond donors (Lipinski definition) is 3. The smallest absolute Gasteiger partial charge is 0.326 e. The molecule has 2 atom stereocenters. The van der Waals surface area contributed by atoms with Crippen LogP contribution in [0.1, 0.15) is 20.3 Å². The fourth-order valence-electron chi connectivity index (χ4n) is 1.16. The Morgan fingerprint density at radius 3 is 2.56 bits per heavy atom. The number of nitrogens with one attached hydrogen (secondary N) is 2. The van der Waals surface area contributed by atoms with Gasteiger partial charge in [0.15, 0.2) is 0 Å². The average Bonchev–Trinajstić information content (AvgIpc) is 2.25. The number of aliphatic carboxylic acids is 1. The van der Waals surface area contributed by atoms with Crippen LogP contribution in [0.2, 0.25) is 0 Å². The molecule has 5 heteroatoms. The third kappa shape index (κ3) is 5.37. The van der Waals surface area contributed by atoms with E-state index < -0.39 is 12.0 Å². The first kappa shape index (κ1) is 14.5. The van der Waals surface area contributed by atoms with Crippen molar-refractivity contribution >= 4 is 11.9 Å². The van der Waals surface area contributed by atoms with Crippen LogP contribution in [0, 0.1) is 18.3 Å². The van der Waals surface area contributed by atoms with Crippen molar-refractivity contribution in [1.29, 1.82) is 0 Å². The van der Waals surface area contributed by atoms with E-state index in [1.54, 1.807) is 6.92 Å². The first-order valence-corrected chi connectivity index (χ1v) is 5.19. The number of carbonyl (C=O) groups excluding carboxylic acids is 1. The summed E-state index contributed by atoms with van der Waals surface area (Å²) in [4.78, 5) is 22.2. The zero-order chi connectivity index (χ0) is 12.6. The van der Waals surface area contributed by atoms with Gasteiger partial charge in [0.1, 0.15) is 6.04 Å². The van der Waals surface area contributed by atoms with Gasteiger partial charge in [-0.2, -0.15) is 0 Å². The van der Waals surface area contributed by atoms with E-state index in [1.807, 2.05) is 6.92 Å². The Balaban J connectivity index is 4.15. The maximum absolute atomic E-state index is 11.3. The van der Waals surface area contributed by atoms with Crippen molar-refractivity contribution in [2.24, 2.45) is 5.92 Å². The molecule has 5 nitrogen and oxygen atoms in total. The van der Waals surface area contributed by atoms with Gasteiger partial charge in [-0.1, -0.05) is 26.2 Å².